The van der Waals surface area contributed by atoms with Crippen LogP contribution in [0.25, 0.3) is 0 Å². The highest BCUT2D eigenvalue weighted by molar-refractivity contribution is 6.30. The van der Waals surface area contributed by atoms with Crippen LogP contribution in [0.3, 0.4) is 0 Å². The molecule has 0 spiro atoms. The van der Waals surface area contributed by atoms with Crippen molar-refractivity contribution in [2.24, 2.45) is 5.92 Å². The summed E-state index contributed by atoms with van der Waals surface area (Å²) < 4.78 is 1.86. The van der Waals surface area contributed by atoms with Crippen LogP contribution < -0.4 is 5.32 Å². The van der Waals surface area contributed by atoms with Crippen LogP contribution in [0.2, 0.25) is 5.02 Å². The standard InChI is InChI=1S/C22H26ClN5O2/c23-17-7-5-16(6-8-17)22(9-1-2-10-22)21(30)27-11-12-28-18(14-27)25-26-19(28)20(29)24-13-15-3-4-15/h5-8,15H,1-4,9-14H2,(H,24,29). The monoisotopic (exact) mass is 427 g/mol. The van der Waals surface area contributed by atoms with Gasteiger partial charge in [-0.25, -0.2) is 0 Å². The number of halogens is 1. The van der Waals surface area contributed by atoms with Crippen LogP contribution in [0.15, 0.2) is 24.3 Å². The van der Waals surface area contributed by atoms with Gasteiger partial charge in [0.25, 0.3) is 5.91 Å². The first-order valence-electron chi connectivity index (χ1n) is 10.8. The summed E-state index contributed by atoms with van der Waals surface area (Å²) in [5, 5.41) is 12.0. The van der Waals surface area contributed by atoms with Crippen molar-refractivity contribution >= 4 is 23.4 Å². The van der Waals surface area contributed by atoms with Crippen LogP contribution in [-0.2, 0) is 23.3 Å². The first kappa shape index (κ1) is 19.5. The van der Waals surface area contributed by atoms with E-state index in [4.69, 9.17) is 11.6 Å². The number of hydrogen-bond acceptors (Lipinski definition) is 4. The van der Waals surface area contributed by atoms with Gasteiger partial charge in [0, 0.05) is 24.7 Å². The molecule has 2 heterocycles. The molecule has 0 atom stereocenters. The fourth-order valence-corrected chi connectivity index (χ4v) is 4.94. The van der Waals surface area contributed by atoms with E-state index >= 15 is 0 Å². The molecule has 2 saturated carbocycles. The quantitative estimate of drug-likeness (QED) is 0.795. The Morgan fingerprint density at radius 3 is 2.53 bits per heavy atom. The Bertz CT molecular complexity index is 960. The van der Waals surface area contributed by atoms with Gasteiger partial charge in [0.2, 0.25) is 11.7 Å². The van der Waals surface area contributed by atoms with E-state index in [0.29, 0.717) is 48.8 Å². The number of benzene rings is 1. The normalized spacial score (nSPS) is 20.1. The number of carbonyl (C=O) groups excluding carboxylic acids is 2. The molecule has 2 aromatic rings. The molecule has 158 valence electrons. The Kier molecular flexibility index (Phi) is 5.01. The van der Waals surface area contributed by atoms with Crippen molar-refractivity contribution in [2.45, 2.75) is 57.0 Å². The van der Waals surface area contributed by atoms with Crippen LogP contribution in [-0.4, -0.2) is 44.6 Å². The summed E-state index contributed by atoms with van der Waals surface area (Å²) in [5.41, 5.74) is 0.554. The second-order valence-electron chi connectivity index (χ2n) is 8.77. The van der Waals surface area contributed by atoms with E-state index in [2.05, 4.69) is 15.5 Å². The molecule has 30 heavy (non-hydrogen) atoms. The van der Waals surface area contributed by atoms with Gasteiger partial charge >= 0.3 is 0 Å². The number of nitrogens with one attached hydrogen (secondary N) is 1. The van der Waals surface area contributed by atoms with Gasteiger partial charge in [-0.3, -0.25) is 9.59 Å². The highest BCUT2D eigenvalue weighted by Gasteiger charge is 2.45. The van der Waals surface area contributed by atoms with Gasteiger partial charge in [-0.1, -0.05) is 36.6 Å². The van der Waals surface area contributed by atoms with Gasteiger partial charge in [0.1, 0.15) is 0 Å². The third-order valence-electron chi connectivity index (χ3n) is 6.76. The summed E-state index contributed by atoms with van der Waals surface area (Å²) >= 11 is 6.07. The summed E-state index contributed by atoms with van der Waals surface area (Å²) in [6.07, 6.45) is 6.17. The fraction of sp³-hybridized carbons (Fsp3) is 0.545. The van der Waals surface area contributed by atoms with Crippen molar-refractivity contribution in [1.82, 2.24) is 25.0 Å². The van der Waals surface area contributed by atoms with Gasteiger partial charge in [0.05, 0.1) is 12.0 Å². The summed E-state index contributed by atoms with van der Waals surface area (Å²) in [6.45, 7) is 2.19. The van der Waals surface area contributed by atoms with Gasteiger partial charge in [-0.15, -0.1) is 10.2 Å². The molecule has 1 aromatic carbocycles. The summed E-state index contributed by atoms with van der Waals surface area (Å²) in [7, 11) is 0. The first-order chi connectivity index (χ1) is 14.6. The number of carbonyl (C=O) groups is 2. The molecule has 7 nitrogen and oxygen atoms in total. The maximum absolute atomic E-state index is 13.7. The van der Waals surface area contributed by atoms with E-state index < -0.39 is 5.41 Å². The zero-order valence-electron chi connectivity index (χ0n) is 16.9. The average molecular weight is 428 g/mol. The molecule has 1 N–H and O–H groups in total. The molecule has 0 saturated heterocycles. The molecule has 0 unspecified atom stereocenters. The van der Waals surface area contributed by atoms with Gasteiger partial charge < -0.3 is 14.8 Å². The molecule has 0 radical (unpaired) electrons. The highest BCUT2D eigenvalue weighted by atomic mass is 35.5. The van der Waals surface area contributed by atoms with E-state index in [0.717, 1.165) is 31.2 Å². The second-order valence-corrected chi connectivity index (χ2v) is 9.20. The average Bonchev–Trinajstić information content (AvgIpc) is 3.29. The minimum atomic E-state index is -0.489. The molecule has 8 heteroatoms. The van der Waals surface area contributed by atoms with Crippen LogP contribution in [0.5, 0.6) is 0 Å². The number of rotatable bonds is 5. The van der Waals surface area contributed by atoms with E-state index in [1.54, 1.807) is 0 Å². The van der Waals surface area contributed by atoms with Crippen LogP contribution in [0.1, 0.15) is 60.5 Å². The molecule has 1 aromatic heterocycles. The summed E-state index contributed by atoms with van der Waals surface area (Å²) in [5.74, 6) is 1.62. The van der Waals surface area contributed by atoms with Gasteiger partial charge in [-0.05, 0) is 49.3 Å². The van der Waals surface area contributed by atoms with Gasteiger partial charge in [0.15, 0.2) is 5.82 Å². The van der Waals surface area contributed by atoms with E-state index in [9.17, 15) is 9.59 Å². The molecular weight excluding hydrogens is 402 g/mol. The van der Waals surface area contributed by atoms with Crippen molar-refractivity contribution in [2.75, 3.05) is 13.1 Å². The Morgan fingerprint density at radius 2 is 1.83 bits per heavy atom. The van der Waals surface area contributed by atoms with Crippen molar-refractivity contribution in [3.8, 4) is 0 Å². The van der Waals surface area contributed by atoms with Crippen molar-refractivity contribution in [3.63, 3.8) is 0 Å². The number of hydrogen-bond donors (Lipinski definition) is 1. The first-order valence-corrected chi connectivity index (χ1v) is 11.2. The summed E-state index contributed by atoms with van der Waals surface area (Å²) in [6, 6.07) is 7.70. The topological polar surface area (TPSA) is 80.1 Å². The smallest absolute Gasteiger partial charge is 0.289 e. The summed E-state index contributed by atoms with van der Waals surface area (Å²) in [4.78, 5) is 28.1. The van der Waals surface area contributed by atoms with Crippen LogP contribution in [0.4, 0.5) is 0 Å². The SMILES string of the molecule is O=C(NCC1CC1)c1nnc2n1CCN(C(=O)C1(c3ccc(Cl)cc3)CCCC1)C2. The maximum atomic E-state index is 13.7. The largest absolute Gasteiger partial charge is 0.349 e. The number of amides is 2. The van der Waals surface area contributed by atoms with Crippen molar-refractivity contribution < 1.29 is 9.59 Å². The molecule has 2 aliphatic carbocycles. The molecule has 5 rings (SSSR count). The lowest BCUT2D eigenvalue weighted by Gasteiger charge is -2.36. The van der Waals surface area contributed by atoms with Crippen LogP contribution >= 0.6 is 11.6 Å². The second kappa shape index (κ2) is 7.69. The van der Waals surface area contributed by atoms with E-state index in [-0.39, 0.29) is 11.8 Å². The lowest BCUT2D eigenvalue weighted by atomic mass is 9.77. The zero-order chi connectivity index (χ0) is 20.7. The molecule has 1 aliphatic heterocycles. The Hall–Kier alpha value is -2.41. The Balaban J connectivity index is 1.34. The number of aromatic nitrogens is 3. The fourth-order valence-electron chi connectivity index (χ4n) is 4.81. The minimum Gasteiger partial charge on any atom is -0.349 e. The third-order valence-corrected chi connectivity index (χ3v) is 7.01. The predicted molar refractivity (Wildman–Crippen MR) is 112 cm³/mol. The van der Waals surface area contributed by atoms with E-state index in [1.807, 2.05) is 33.7 Å². The van der Waals surface area contributed by atoms with Crippen molar-refractivity contribution in [3.05, 3.63) is 46.5 Å². The molecule has 3 aliphatic rings. The molecule has 2 amide bonds. The lowest BCUT2D eigenvalue weighted by molar-refractivity contribution is -0.139. The predicted octanol–water partition coefficient (Wildman–Crippen LogP) is 2.93. The molecule has 0 bridgehead atoms. The Morgan fingerprint density at radius 1 is 1.10 bits per heavy atom. The van der Waals surface area contributed by atoms with Crippen LogP contribution in [0, 0.1) is 5.92 Å². The molecule has 2 fully saturated rings. The number of nitrogens with zero attached hydrogens (tertiary/aromatic N) is 4. The zero-order valence-corrected chi connectivity index (χ0v) is 17.7. The third kappa shape index (κ3) is 3.49. The molecular formula is C22H26ClN5O2. The van der Waals surface area contributed by atoms with E-state index in [1.165, 1.54) is 12.8 Å². The van der Waals surface area contributed by atoms with Gasteiger partial charge in [-0.2, -0.15) is 0 Å². The van der Waals surface area contributed by atoms with Crippen molar-refractivity contribution in [1.29, 1.82) is 0 Å². The Labute approximate surface area is 180 Å². The minimum absolute atomic E-state index is 0.149. The highest BCUT2D eigenvalue weighted by Crippen LogP contribution is 2.43. The lowest BCUT2D eigenvalue weighted by Crippen LogP contribution is -2.48. The maximum Gasteiger partial charge on any atom is 0.289 e. The number of fused-ring (bicyclic) bond motifs is 1.